The number of fused-ring (bicyclic) bond motifs is 1. The Morgan fingerprint density at radius 1 is 1.20 bits per heavy atom. The molecular weight excluding hydrogens is 431 g/mol. The van der Waals surface area contributed by atoms with Gasteiger partial charge in [0.25, 0.3) is 12.4 Å². The summed E-state index contributed by atoms with van der Waals surface area (Å²) in [6.45, 7) is 0.211. The molecule has 2 aromatic carbocycles. The number of halogens is 3. The lowest BCUT2D eigenvalue weighted by Gasteiger charge is -2.08. The van der Waals surface area contributed by atoms with Crippen molar-refractivity contribution in [3.63, 3.8) is 0 Å². The Balaban J connectivity index is 0.000000343. The highest BCUT2D eigenvalue weighted by atomic mass is 32.2. The van der Waals surface area contributed by atoms with E-state index in [4.69, 9.17) is 17.7 Å². The van der Waals surface area contributed by atoms with Crippen LogP contribution in [0.25, 0.3) is 10.8 Å². The molecule has 1 aromatic heterocycles. The molecule has 0 spiro atoms. The van der Waals surface area contributed by atoms with E-state index in [-0.39, 0.29) is 6.73 Å². The molecule has 3 rings (SSSR count). The number of aromatic nitrogens is 3. The summed E-state index contributed by atoms with van der Waals surface area (Å²) in [5.41, 5.74) is -5.28. The molecule has 3 aromatic rings. The normalized spacial score (nSPS) is 11.5. The highest BCUT2D eigenvalue weighted by molar-refractivity contribution is 7.86. The van der Waals surface area contributed by atoms with Crippen LogP contribution in [0.3, 0.4) is 0 Å². The van der Waals surface area contributed by atoms with Crippen molar-refractivity contribution in [2.24, 2.45) is 7.05 Å². The van der Waals surface area contributed by atoms with Gasteiger partial charge in [0, 0.05) is 0 Å². The molecule has 9 nitrogen and oxygen atoms in total. The van der Waals surface area contributed by atoms with E-state index in [1.807, 2.05) is 36.4 Å². The molecule has 0 N–H and O–H groups in total. The molecule has 0 bridgehead atoms. The summed E-state index contributed by atoms with van der Waals surface area (Å²) in [5, 5.41) is 6.44. The fourth-order valence-electron chi connectivity index (χ4n) is 2.22. The van der Waals surface area contributed by atoms with Gasteiger partial charge in [-0.2, -0.15) is 13.2 Å². The van der Waals surface area contributed by atoms with Crippen LogP contribution in [0.2, 0.25) is 0 Å². The predicted octanol–water partition coefficient (Wildman–Crippen LogP) is 1.74. The Kier molecular flexibility index (Phi) is 7.00. The van der Waals surface area contributed by atoms with Crippen LogP contribution in [0.1, 0.15) is 10.5 Å². The first-order valence-corrected chi connectivity index (χ1v) is 9.49. The predicted molar refractivity (Wildman–Crippen MR) is 95.1 cm³/mol. The molecule has 13 heteroatoms. The van der Waals surface area contributed by atoms with E-state index in [9.17, 15) is 18.0 Å². The molecule has 162 valence electrons. The Morgan fingerprint density at radius 3 is 2.37 bits per heavy atom. The van der Waals surface area contributed by atoms with E-state index < -0.39 is 21.6 Å². The molecule has 0 aliphatic rings. The summed E-state index contributed by atoms with van der Waals surface area (Å²) in [5.74, 6) is 0.316. The van der Waals surface area contributed by atoms with E-state index in [1.165, 1.54) is 11.8 Å². The van der Waals surface area contributed by atoms with Crippen molar-refractivity contribution in [2.45, 2.75) is 12.2 Å². The maximum atomic E-state index is 11.5. The summed E-state index contributed by atoms with van der Waals surface area (Å²) >= 11 is 0. The van der Waals surface area contributed by atoms with Gasteiger partial charge in [0.1, 0.15) is 12.8 Å². The zero-order valence-electron chi connectivity index (χ0n) is 15.7. The van der Waals surface area contributed by atoms with Gasteiger partial charge >= 0.3 is 11.5 Å². The molecule has 0 radical (unpaired) electrons. The van der Waals surface area contributed by atoms with Crippen LogP contribution in [0.4, 0.5) is 13.2 Å². The molecule has 0 saturated heterocycles. The number of benzene rings is 2. The van der Waals surface area contributed by atoms with Gasteiger partial charge in [0.15, 0.2) is 16.3 Å². The van der Waals surface area contributed by atoms with Crippen LogP contribution in [0, 0.1) is 0 Å². The van der Waals surface area contributed by atoms with Crippen LogP contribution < -0.4 is 9.42 Å². The number of aryl methyl sites for hydroxylation is 1. The van der Waals surface area contributed by atoms with Gasteiger partial charge in [0.05, 0.1) is 12.3 Å². The van der Waals surface area contributed by atoms with Crippen LogP contribution in [0.15, 0.2) is 48.7 Å². The quantitative estimate of drug-likeness (QED) is 0.259. The third-order valence-corrected chi connectivity index (χ3v) is 4.20. The Labute approximate surface area is 169 Å². The Morgan fingerprint density at radius 2 is 1.80 bits per heavy atom. The number of methoxy groups -OCH3 is 1. The average molecular weight is 447 g/mol. The minimum Gasteiger partial charge on any atom is -0.741 e. The molecule has 0 amide bonds. The summed E-state index contributed by atoms with van der Waals surface area (Å²) < 4.78 is 72.3. The molecule has 0 atom stereocenters. The second-order valence-corrected chi connectivity index (χ2v) is 7.11. The summed E-state index contributed by atoms with van der Waals surface area (Å²) in [4.78, 5) is 11.5. The van der Waals surface area contributed by atoms with Crippen LogP contribution >= 0.6 is 0 Å². The molecule has 1 heterocycles. The third kappa shape index (κ3) is 5.90. The first-order chi connectivity index (χ1) is 13.9. The van der Waals surface area contributed by atoms with Gasteiger partial charge < -0.3 is 14.0 Å². The SMILES string of the molecule is COC(=O)c1c[n+](COc2ccc3ccccc3c2)nn1C.O=S(=O)([O-])C(F)(F)F. The van der Waals surface area contributed by atoms with E-state index in [0.717, 1.165) is 16.5 Å². The van der Waals surface area contributed by atoms with E-state index in [1.54, 1.807) is 17.9 Å². The number of carbonyl (C=O) groups is 1. The molecule has 0 aliphatic heterocycles. The lowest BCUT2D eigenvalue weighted by Crippen LogP contribution is -2.38. The Bertz CT molecular complexity index is 1150. The standard InChI is InChI=1S/C16H16N3O3.CHF3O3S/c1-18-15(16(20)21-2)10-19(17-18)11-22-14-8-7-12-5-3-4-6-13(12)9-14;2-1(3,4)8(5,6)7/h3-10H,11H2,1-2H3;(H,5,6,7)/q+1;/p-1. The number of hydrogen-bond acceptors (Lipinski definition) is 7. The molecule has 0 fully saturated rings. The molecule has 0 aliphatic carbocycles. The van der Waals surface area contributed by atoms with Crippen molar-refractivity contribution in [1.29, 1.82) is 0 Å². The Hall–Kier alpha value is -3.19. The largest absolute Gasteiger partial charge is 0.741 e. The highest BCUT2D eigenvalue weighted by Crippen LogP contribution is 2.21. The zero-order chi connectivity index (χ0) is 22.5. The zero-order valence-corrected chi connectivity index (χ0v) is 16.5. The minimum absolute atomic E-state index is 0.211. The van der Waals surface area contributed by atoms with E-state index in [0.29, 0.717) is 5.69 Å². The van der Waals surface area contributed by atoms with E-state index in [2.05, 4.69) is 16.0 Å². The van der Waals surface area contributed by atoms with Crippen LogP contribution in [-0.4, -0.2) is 41.5 Å². The van der Waals surface area contributed by atoms with Gasteiger partial charge in [-0.25, -0.2) is 13.2 Å². The molecule has 30 heavy (non-hydrogen) atoms. The second kappa shape index (κ2) is 9.09. The topological polar surface area (TPSA) is 114 Å². The highest BCUT2D eigenvalue weighted by Gasteiger charge is 2.36. The first kappa shape index (κ1) is 23.1. The maximum Gasteiger partial charge on any atom is 0.485 e. The van der Waals surface area contributed by atoms with Crippen molar-refractivity contribution >= 4 is 26.9 Å². The van der Waals surface area contributed by atoms with E-state index >= 15 is 0 Å². The first-order valence-electron chi connectivity index (χ1n) is 8.08. The van der Waals surface area contributed by atoms with Crippen molar-refractivity contribution in [3.05, 3.63) is 54.4 Å². The monoisotopic (exact) mass is 447 g/mol. The number of alkyl halides is 3. The number of ether oxygens (including phenoxy) is 2. The number of rotatable bonds is 4. The van der Waals surface area contributed by atoms with Crippen molar-refractivity contribution in [1.82, 2.24) is 9.90 Å². The molecular formula is C17H16F3N3O6S. The number of hydrogen-bond donors (Lipinski definition) is 0. The molecule has 0 unspecified atom stereocenters. The lowest BCUT2D eigenvalue weighted by molar-refractivity contribution is -0.779. The number of esters is 1. The van der Waals surface area contributed by atoms with Gasteiger partial charge in [-0.05, 0) is 22.9 Å². The fraction of sp³-hybridized carbons (Fsp3) is 0.235. The van der Waals surface area contributed by atoms with Gasteiger partial charge in [0.2, 0.25) is 0 Å². The summed E-state index contributed by atoms with van der Waals surface area (Å²) in [6, 6.07) is 14.0. The van der Waals surface area contributed by atoms with Gasteiger partial charge in [-0.15, -0.1) is 4.68 Å². The molecule has 0 saturated carbocycles. The second-order valence-electron chi connectivity index (χ2n) is 5.74. The smallest absolute Gasteiger partial charge is 0.485 e. The minimum atomic E-state index is -6.09. The van der Waals surface area contributed by atoms with Crippen LogP contribution in [-0.2, 0) is 28.6 Å². The number of carbonyl (C=O) groups excluding carboxylic acids is 1. The average Bonchev–Trinajstić information content (AvgIpc) is 3.05. The maximum absolute atomic E-state index is 11.5. The van der Waals surface area contributed by atoms with Gasteiger partial charge in [-0.1, -0.05) is 35.0 Å². The van der Waals surface area contributed by atoms with Crippen molar-refractivity contribution in [2.75, 3.05) is 7.11 Å². The van der Waals surface area contributed by atoms with Crippen molar-refractivity contribution in [3.8, 4) is 5.75 Å². The van der Waals surface area contributed by atoms with Gasteiger partial charge in [-0.3, -0.25) is 0 Å². The fourth-order valence-corrected chi connectivity index (χ4v) is 2.22. The summed E-state index contributed by atoms with van der Waals surface area (Å²) in [7, 11) is -3.07. The third-order valence-electron chi connectivity index (χ3n) is 3.63. The van der Waals surface area contributed by atoms with Crippen LogP contribution in [0.5, 0.6) is 5.75 Å². The lowest BCUT2D eigenvalue weighted by atomic mass is 10.1. The summed E-state index contributed by atoms with van der Waals surface area (Å²) in [6.07, 6.45) is 1.59. The number of nitrogens with zero attached hydrogens (tertiary/aromatic N) is 3. The van der Waals surface area contributed by atoms with Crippen molar-refractivity contribution < 1.29 is 45.1 Å².